The van der Waals surface area contributed by atoms with Gasteiger partial charge in [-0.2, -0.15) is 0 Å². The van der Waals surface area contributed by atoms with Crippen LogP contribution in [0.1, 0.15) is 23.6 Å². The molecule has 5 heteroatoms. The molecule has 2 aromatic carbocycles. The molecule has 0 saturated carbocycles. The Morgan fingerprint density at radius 1 is 0.931 bits per heavy atom. The van der Waals surface area contributed by atoms with Crippen molar-refractivity contribution < 1.29 is 9.59 Å². The minimum absolute atomic E-state index is 0.00902. The summed E-state index contributed by atoms with van der Waals surface area (Å²) in [5, 5.41) is 2.93. The number of piperazine rings is 1. The van der Waals surface area contributed by atoms with Crippen molar-refractivity contribution in [2.75, 3.05) is 32.7 Å². The highest BCUT2D eigenvalue weighted by molar-refractivity contribution is 5.88. The normalized spacial score (nSPS) is 16.3. The minimum atomic E-state index is -0.466. The number of nitrogens with zero attached hydrogens (tertiary/aromatic N) is 2. The number of nitrogens with one attached hydrogen (secondary N) is 1. The van der Waals surface area contributed by atoms with Crippen molar-refractivity contribution in [3.8, 4) is 0 Å². The lowest BCUT2D eigenvalue weighted by Crippen LogP contribution is -2.51. The highest BCUT2D eigenvalue weighted by Crippen LogP contribution is 2.12. The molecular weight excluding hydrogens is 362 g/mol. The Kier molecular flexibility index (Phi) is 7.55. The van der Waals surface area contributed by atoms with Crippen LogP contribution in [0.25, 0.3) is 0 Å². The summed E-state index contributed by atoms with van der Waals surface area (Å²) < 4.78 is 0. The number of hydrogen-bond donors (Lipinski definition) is 1. The van der Waals surface area contributed by atoms with E-state index in [1.165, 1.54) is 18.1 Å². The molecule has 2 aromatic rings. The van der Waals surface area contributed by atoms with Gasteiger partial charge in [-0.3, -0.25) is 19.4 Å². The zero-order valence-electron chi connectivity index (χ0n) is 17.4. The van der Waals surface area contributed by atoms with Crippen LogP contribution in [0.5, 0.6) is 0 Å². The molecule has 29 heavy (non-hydrogen) atoms. The maximum absolute atomic E-state index is 12.5. The largest absolute Gasteiger partial charge is 0.345 e. The third-order valence-corrected chi connectivity index (χ3v) is 5.60. The number of aryl methyl sites for hydroxylation is 1. The summed E-state index contributed by atoms with van der Waals surface area (Å²) in [5.41, 5.74) is 3.74. The Morgan fingerprint density at radius 2 is 1.55 bits per heavy atom. The van der Waals surface area contributed by atoms with E-state index >= 15 is 0 Å². The first-order valence-corrected chi connectivity index (χ1v) is 10.3. The molecule has 1 fully saturated rings. The summed E-state index contributed by atoms with van der Waals surface area (Å²) in [6.45, 7) is 8.61. The van der Waals surface area contributed by atoms with Crippen molar-refractivity contribution in [2.24, 2.45) is 0 Å². The molecule has 5 nitrogen and oxygen atoms in total. The van der Waals surface area contributed by atoms with E-state index in [4.69, 9.17) is 0 Å². The number of benzene rings is 2. The number of rotatable bonds is 8. The average molecular weight is 394 g/mol. The van der Waals surface area contributed by atoms with Gasteiger partial charge in [0.15, 0.2) is 5.78 Å². The first-order chi connectivity index (χ1) is 14.0. The van der Waals surface area contributed by atoms with Crippen LogP contribution in [0.15, 0.2) is 54.6 Å². The van der Waals surface area contributed by atoms with Gasteiger partial charge in [-0.1, -0.05) is 54.6 Å². The molecule has 3 rings (SSSR count). The molecular formula is C24H31N3O2. The SMILES string of the molecule is CC(=O)[C@@H](Cc1ccccc1)NC(=O)CN1CCN(Cc2ccccc2C)CC1. The molecule has 154 valence electrons. The van der Waals surface area contributed by atoms with Crippen molar-refractivity contribution in [1.82, 2.24) is 15.1 Å². The predicted octanol–water partition coefficient (Wildman–Crippen LogP) is 2.43. The van der Waals surface area contributed by atoms with Crippen LogP contribution >= 0.6 is 0 Å². The van der Waals surface area contributed by atoms with Gasteiger partial charge in [-0.15, -0.1) is 0 Å². The zero-order valence-corrected chi connectivity index (χ0v) is 17.4. The van der Waals surface area contributed by atoms with E-state index in [0.717, 1.165) is 38.3 Å². The van der Waals surface area contributed by atoms with Gasteiger partial charge in [0.25, 0.3) is 0 Å². The minimum Gasteiger partial charge on any atom is -0.345 e. The third-order valence-electron chi connectivity index (χ3n) is 5.60. The molecule has 0 unspecified atom stereocenters. The van der Waals surface area contributed by atoms with E-state index in [-0.39, 0.29) is 11.7 Å². The van der Waals surface area contributed by atoms with Gasteiger partial charge in [0.05, 0.1) is 12.6 Å². The fraction of sp³-hybridized carbons (Fsp3) is 0.417. The fourth-order valence-corrected chi connectivity index (χ4v) is 3.72. The number of ketones is 1. The van der Waals surface area contributed by atoms with Crippen LogP contribution in [0, 0.1) is 6.92 Å². The Morgan fingerprint density at radius 3 is 2.21 bits per heavy atom. The van der Waals surface area contributed by atoms with Gasteiger partial charge in [0.2, 0.25) is 5.91 Å². The van der Waals surface area contributed by atoms with Crippen molar-refractivity contribution in [3.05, 3.63) is 71.3 Å². The van der Waals surface area contributed by atoms with Gasteiger partial charge in [0.1, 0.15) is 0 Å². The molecule has 0 radical (unpaired) electrons. The van der Waals surface area contributed by atoms with Gasteiger partial charge in [0, 0.05) is 32.7 Å². The fourth-order valence-electron chi connectivity index (χ4n) is 3.72. The maximum atomic E-state index is 12.5. The van der Waals surface area contributed by atoms with E-state index in [0.29, 0.717) is 13.0 Å². The number of amides is 1. The highest BCUT2D eigenvalue weighted by Gasteiger charge is 2.22. The summed E-state index contributed by atoms with van der Waals surface area (Å²) in [6, 6.07) is 17.8. The lowest BCUT2D eigenvalue weighted by atomic mass is 10.0. The molecule has 1 aliphatic rings. The third kappa shape index (κ3) is 6.51. The second kappa shape index (κ2) is 10.3. The first-order valence-electron chi connectivity index (χ1n) is 10.3. The van der Waals surface area contributed by atoms with E-state index < -0.39 is 6.04 Å². The molecule has 1 amide bonds. The lowest BCUT2D eigenvalue weighted by molar-refractivity contribution is -0.127. The lowest BCUT2D eigenvalue weighted by Gasteiger charge is -2.34. The van der Waals surface area contributed by atoms with Gasteiger partial charge in [-0.05, 0) is 37.0 Å². The smallest absolute Gasteiger partial charge is 0.234 e. The first kappa shape index (κ1) is 21.2. The van der Waals surface area contributed by atoms with Crippen molar-refractivity contribution >= 4 is 11.7 Å². The zero-order chi connectivity index (χ0) is 20.6. The predicted molar refractivity (Wildman–Crippen MR) is 116 cm³/mol. The number of carbonyl (C=O) groups excluding carboxylic acids is 2. The molecule has 0 aliphatic carbocycles. The second-order valence-corrected chi connectivity index (χ2v) is 7.90. The Bertz CT molecular complexity index is 814. The summed E-state index contributed by atoms with van der Waals surface area (Å²) >= 11 is 0. The molecule has 1 atom stereocenters. The van der Waals surface area contributed by atoms with E-state index in [1.807, 2.05) is 30.3 Å². The van der Waals surface area contributed by atoms with Crippen LogP contribution in [-0.4, -0.2) is 60.3 Å². The standard InChI is InChI=1S/C24H31N3O2/c1-19-8-6-7-11-22(19)17-26-12-14-27(15-13-26)18-24(29)25-23(20(2)28)16-21-9-4-3-5-10-21/h3-11,23H,12-18H2,1-2H3,(H,25,29)/t23-/m1/s1. The van der Waals surface area contributed by atoms with Crippen LogP contribution in [0.4, 0.5) is 0 Å². The molecule has 0 aromatic heterocycles. The topological polar surface area (TPSA) is 52.7 Å². The molecule has 1 N–H and O–H groups in total. The van der Waals surface area contributed by atoms with Crippen molar-refractivity contribution in [2.45, 2.75) is 32.9 Å². The molecule has 1 aliphatic heterocycles. The Hall–Kier alpha value is -2.50. The number of Topliss-reactive ketones (excluding diaryl/α,β-unsaturated/α-hetero) is 1. The van der Waals surface area contributed by atoms with Gasteiger partial charge < -0.3 is 5.32 Å². The second-order valence-electron chi connectivity index (χ2n) is 7.90. The summed E-state index contributed by atoms with van der Waals surface area (Å²) in [7, 11) is 0. The van der Waals surface area contributed by atoms with Crippen molar-refractivity contribution in [1.29, 1.82) is 0 Å². The van der Waals surface area contributed by atoms with Gasteiger partial charge in [-0.25, -0.2) is 0 Å². The number of carbonyl (C=O) groups is 2. The van der Waals surface area contributed by atoms with E-state index in [1.54, 1.807) is 0 Å². The molecule has 1 saturated heterocycles. The molecule has 1 heterocycles. The maximum Gasteiger partial charge on any atom is 0.234 e. The monoisotopic (exact) mass is 393 g/mol. The Balaban J connectivity index is 1.45. The van der Waals surface area contributed by atoms with Gasteiger partial charge >= 0.3 is 0 Å². The summed E-state index contributed by atoms with van der Waals surface area (Å²) in [6.07, 6.45) is 0.534. The van der Waals surface area contributed by atoms with E-state index in [9.17, 15) is 9.59 Å². The van der Waals surface area contributed by atoms with Crippen LogP contribution in [-0.2, 0) is 22.6 Å². The summed E-state index contributed by atoms with van der Waals surface area (Å²) in [4.78, 5) is 29.1. The quantitative estimate of drug-likeness (QED) is 0.748. The van der Waals surface area contributed by atoms with E-state index in [2.05, 4.69) is 46.3 Å². The summed E-state index contributed by atoms with van der Waals surface area (Å²) in [5.74, 6) is -0.0845. The van der Waals surface area contributed by atoms with Crippen LogP contribution in [0.2, 0.25) is 0 Å². The van der Waals surface area contributed by atoms with Crippen LogP contribution in [0.3, 0.4) is 0 Å². The number of hydrogen-bond acceptors (Lipinski definition) is 4. The average Bonchev–Trinajstić information content (AvgIpc) is 2.71. The molecule has 0 spiro atoms. The highest BCUT2D eigenvalue weighted by atomic mass is 16.2. The Labute approximate surface area is 173 Å². The molecule has 0 bridgehead atoms. The van der Waals surface area contributed by atoms with Crippen molar-refractivity contribution in [3.63, 3.8) is 0 Å². The van der Waals surface area contributed by atoms with Crippen LogP contribution < -0.4 is 5.32 Å².